The summed E-state index contributed by atoms with van der Waals surface area (Å²) in [5, 5.41) is 4.99. The second-order valence-corrected chi connectivity index (χ2v) is 5.73. The van der Waals surface area contributed by atoms with Gasteiger partial charge < -0.3 is 4.42 Å². The van der Waals surface area contributed by atoms with Gasteiger partial charge in [-0.1, -0.05) is 41.4 Å². The number of nitrogens with one attached hydrogen (secondary N) is 1. The van der Waals surface area contributed by atoms with Gasteiger partial charge in [0, 0.05) is 16.1 Å². The second kappa shape index (κ2) is 7.34. The third kappa shape index (κ3) is 3.85. The number of furan rings is 1. The molecular formula is C18H12Cl2N2O2. The largest absolute Gasteiger partial charge is 0.455 e. The number of carbonyl (C=O) groups is 1. The highest BCUT2D eigenvalue weighted by molar-refractivity contribution is 6.35. The molecule has 0 aliphatic heterocycles. The summed E-state index contributed by atoms with van der Waals surface area (Å²) in [7, 11) is 0. The Bertz CT molecular complexity index is 889. The monoisotopic (exact) mass is 358 g/mol. The van der Waals surface area contributed by atoms with Gasteiger partial charge in [-0.05, 0) is 42.5 Å². The molecule has 0 saturated heterocycles. The van der Waals surface area contributed by atoms with Crippen LogP contribution in [0.15, 0.2) is 70.2 Å². The van der Waals surface area contributed by atoms with Crippen LogP contribution in [0, 0.1) is 0 Å². The highest BCUT2D eigenvalue weighted by Crippen LogP contribution is 2.31. The number of halogens is 2. The summed E-state index contributed by atoms with van der Waals surface area (Å²) in [6.45, 7) is 0. The molecule has 2 aromatic carbocycles. The van der Waals surface area contributed by atoms with E-state index in [2.05, 4.69) is 10.5 Å². The van der Waals surface area contributed by atoms with Crippen LogP contribution in [0.2, 0.25) is 10.0 Å². The predicted octanol–water partition coefficient (Wildman–Crippen LogP) is 5.02. The summed E-state index contributed by atoms with van der Waals surface area (Å²) in [4.78, 5) is 11.9. The molecule has 3 rings (SSSR count). The van der Waals surface area contributed by atoms with E-state index in [1.54, 1.807) is 54.6 Å². The van der Waals surface area contributed by atoms with Crippen molar-refractivity contribution in [2.45, 2.75) is 0 Å². The molecule has 1 heterocycles. The molecule has 1 amide bonds. The predicted molar refractivity (Wildman–Crippen MR) is 95.7 cm³/mol. The first-order valence-electron chi connectivity index (χ1n) is 7.07. The van der Waals surface area contributed by atoms with E-state index >= 15 is 0 Å². The molecule has 120 valence electrons. The molecule has 1 N–H and O–H groups in total. The van der Waals surface area contributed by atoms with E-state index in [4.69, 9.17) is 27.6 Å². The molecule has 0 fully saturated rings. The Labute approximate surface area is 148 Å². The number of hydrogen-bond acceptors (Lipinski definition) is 3. The Morgan fingerprint density at radius 3 is 2.62 bits per heavy atom. The van der Waals surface area contributed by atoms with Crippen molar-refractivity contribution in [1.29, 1.82) is 0 Å². The van der Waals surface area contributed by atoms with Gasteiger partial charge in [-0.25, -0.2) is 5.43 Å². The molecule has 0 aliphatic rings. The Morgan fingerprint density at radius 1 is 1.04 bits per heavy atom. The Kier molecular flexibility index (Phi) is 4.99. The van der Waals surface area contributed by atoms with E-state index in [0.717, 1.165) is 0 Å². The molecule has 1 aromatic heterocycles. The van der Waals surface area contributed by atoms with Gasteiger partial charge in [-0.2, -0.15) is 5.10 Å². The van der Waals surface area contributed by atoms with Gasteiger partial charge in [0.2, 0.25) is 0 Å². The molecule has 0 spiro atoms. The number of hydrazone groups is 1. The molecule has 0 saturated carbocycles. The van der Waals surface area contributed by atoms with E-state index in [1.165, 1.54) is 6.21 Å². The maximum Gasteiger partial charge on any atom is 0.271 e. The topological polar surface area (TPSA) is 54.6 Å². The Morgan fingerprint density at radius 2 is 1.83 bits per heavy atom. The molecule has 0 radical (unpaired) electrons. The number of amides is 1. The minimum Gasteiger partial charge on any atom is -0.455 e. The first-order chi connectivity index (χ1) is 11.6. The zero-order valence-electron chi connectivity index (χ0n) is 12.4. The van der Waals surface area contributed by atoms with Crippen LogP contribution in [-0.2, 0) is 0 Å². The minimum absolute atomic E-state index is 0.295. The van der Waals surface area contributed by atoms with Crippen LogP contribution >= 0.6 is 23.2 Å². The molecule has 24 heavy (non-hydrogen) atoms. The van der Waals surface area contributed by atoms with Crippen LogP contribution in [0.5, 0.6) is 0 Å². The van der Waals surface area contributed by atoms with Gasteiger partial charge in [0.15, 0.2) is 0 Å². The molecule has 0 unspecified atom stereocenters. The average molecular weight is 359 g/mol. The SMILES string of the molecule is O=C(N/N=C/c1ccc(-c2cc(Cl)ccc2Cl)o1)c1ccccc1. The number of hydrogen-bond donors (Lipinski definition) is 1. The van der Waals surface area contributed by atoms with Gasteiger partial charge in [0.25, 0.3) is 5.91 Å². The van der Waals surface area contributed by atoms with Crippen molar-refractivity contribution >= 4 is 35.3 Å². The normalized spacial score (nSPS) is 10.9. The first kappa shape index (κ1) is 16.3. The first-order valence-corrected chi connectivity index (χ1v) is 7.83. The third-order valence-electron chi connectivity index (χ3n) is 3.21. The van der Waals surface area contributed by atoms with Crippen molar-refractivity contribution < 1.29 is 9.21 Å². The zero-order chi connectivity index (χ0) is 16.9. The highest BCUT2D eigenvalue weighted by Gasteiger charge is 2.09. The van der Waals surface area contributed by atoms with Crippen LogP contribution < -0.4 is 5.43 Å². The van der Waals surface area contributed by atoms with Crippen molar-refractivity contribution in [3.05, 3.63) is 82.0 Å². The lowest BCUT2D eigenvalue weighted by Crippen LogP contribution is -2.17. The Balaban J connectivity index is 1.70. The fourth-order valence-corrected chi connectivity index (χ4v) is 2.44. The standard InChI is InChI=1S/C18H12Cl2N2O2/c19-13-6-8-16(20)15(10-13)17-9-7-14(24-17)11-21-22-18(23)12-4-2-1-3-5-12/h1-11H,(H,22,23)/b21-11+. The van der Waals surface area contributed by atoms with Crippen molar-refractivity contribution in [1.82, 2.24) is 5.43 Å². The van der Waals surface area contributed by atoms with E-state index in [9.17, 15) is 4.79 Å². The molecule has 3 aromatic rings. The van der Waals surface area contributed by atoms with Crippen molar-refractivity contribution in [2.75, 3.05) is 0 Å². The van der Waals surface area contributed by atoms with Crippen LogP contribution in [-0.4, -0.2) is 12.1 Å². The molecule has 4 nitrogen and oxygen atoms in total. The summed E-state index contributed by atoms with van der Waals surface area (Å²) in [5.74, 6) is 0.754. The van der Waals surface area contributed by atoms with Gasteiger partial charge in [0.05, 0.1) is 11.2 Å². The summed E-state index contributed by atoms with van der Waals surface area (Å²) < 4.78 is 5.65. The van der Waals surface area contributed by atoms with E-state index in [0.29, 0.717) is 32.7 Å². The van der Waals surface area contributed by atoms with Gasteiger partial charge in [0.1, 0.15) is 11.5 Å². The summed E-state index contributed by atoms with van der Waals surface area (Å²) in [6.07, 6.45) is 1.42. The molecule has 0 aliphatic carbocycles. The van der Waals surface area contributed by atoms with Gasteiger partial charge >= 0.3 is 0 Å². The van der Waals surface area contributed by atoms with Crippen LogP contribution in [0.1, 0.15) is 16.1 Å². The lowest BCUT2D eigenvalue weighted by molar-refractivity contribution is 0.0955. The number of benzene rings is 2. The lowest BCUT2D eigenvalue weighted by atomic mass is 10.2. The number of carbonyl (C=O) groups excluding carboxylic acids is 1. The molecule has 6 heteroatoms. The van der Waals surface area contributed by atoms with Crippen molar-refractivity contribution in [3.63, 3.8) is 0 Å². The number of nitrogens with zero attached hydrogens (tertiary/aromatic N) is 1. The summed E-state index contributed by atoms with van der Waals surface area (Å²) in [6, 6.07) is 17.4. The van der Waals surface area contributed by atoms with E-state index < -0.39 is 0 Å². The van der Waals surface area contributed by atoms with Gasteiger partial charge in [-0.3, -0.25) is 4.79 Å². The van der Waals surface area contributed by atoms with Gasteiger partial charge in [-0.15, -0.1) is 0 Å². The van der Waals surface area contributed by atoms with E-state index in [1.807, 2.05) is 6.07 Å². The smallest absolute Gasteiger partial charge is 0.271 e. The second-order valence-electron chi connectivity index (χ2n) is 4.89. The quantitative estimate of drug-likeness (QED) is 0.525. The molecule has 0 atom stereocenters. The van der Waals surface area contributed by atoms with Crippen LogP contribution in [0.25, 0.3) is 11.3 Å². The molecule has 0 bridgehead atoms. The maximum absolute atomic E-state index is 11.9. The fraction of sp³-hybridized carbons (Fsp3) is 0. The van der Waals surface area contributed by atoms with Crippen molar-refractivity contribution in [3.8, 4) is 11.3 Å². The van der Waals surface area contributed by atoms with Crippen LogP contribution in [0.4, 0.5) is 0 Å². The lowest BCUT2D eigenvalue weighted by Gasteiger charge is -2.01. The fourth-order valence-electron chi connectivity index (χ4n) is 2.06. The Hall–Kier alpha value is -2.56. The van der Waals surface area contributed by atoms with Crippen LogP contribution in [0.3, 0.4) is 0 Å². The maximum atomic E-state index is 11.9. The number of rotatable bonds is 4. The van der Waals surface area contributed by atoms with Crippen molar-refractivity contribution in [2.24, 2.45) is 5.10 Å². The molecular weight excluding hydrogens is 347 g/mol. The minimum atomic E-state index is -0.295. The average Bonchev–Trinajstić information content (AvgIpc) is 3.06. The van der Waals surface area contributed by atoms with E-state index in [-0.39, 0.29) is 5.91 Å². The third-order valence-corrected chi connectivity index (χ3v) is 3.78. The summed E-state index contributed by atoms with van der Waals surface area (Å²) in [5.41, 5.74) is 3.66. The summed E-state index contributed by atoms with van der Waals surface area (Å²) >= 11 is 12.1. The zero-order valence-corrected chi connectivity index (χ0v) is 13.9. The highest BCUT2D eigenvalue weighted by atomic mass is 35.5.